The van der Waals surface area contributed by atoms with Gasteiger partial charge >= 0.3 is 12.3 Å². The van der Waals surface area contributed by atoms with E-state index in [2.05, 4.69) is 5.32 Å². The first-order chi connectivity index (χ1) is 11.5. The monoisotopic (exact) mass is 356 g/mol. The van der Waals surface area contributed by atoms with Crippen LogP contribution in [-0.2, 0) is 10.9 Å². The molecule has 0 spiro atoms. The standard InChI is InChI=1S/C17H19F3N2O3/c1-16(2,3)25-15(23)22-11-6-13(7-11)24-12-5-4-10(9-21)14(8-12)17(18,19)20/h4-5,8,11,13H,6-7H2,1-3H3,(H,22,23). The fraction of sp³-hybridized carbons (Fsp3) is 0.529. The van der Waals surface area contributed by atoms with Crippen molar-refractivity contribution < 1.29 is 27.4 Å². The second-order valence-corrected chi connectivity index (χ2v) is 6.87. The molecule has 5 nitrogen and oxygen atoms in total. The molecule has 1 saturated carbocycles. The maximum atomic E-state index is 12.9. The number of carbonyl (C=O) groups is 1. The van der Waals surface area contributed by atoms with Crippen LogP contribution in [0, 0.1) is 11.3 Å². The molecule has 1 aromatic carbocycles. The molecule has 1 N–H and O–H groups in total. The molecule has 1 aliphatic carbocycles. The summed E-state index contributed by atoms with van der Waals surface area (Å²) in [5.41, 5.74) is -2.06. The molecule has 0 atom stereocenters. The number of alkyl carbamates (subject to hydrolysis) is 1. The molecular weight excluding hydrogens is 337 g/mol. The Morgan fingerprint density at radius 2 is 1.92 bits per heavy atom. The Morgan fingerprint density at radius 1 is 1.28 bits per heavy atom. The molecule has 0 heterocycles. The maximum Gasteiger partial charge on any atom is 0.417 e. The van der Waals surface area contributed by atoms with E-state index in [0.29, 0.717) is 12.8 Å². The minimum absolute atomic E-state index is 0.0482. The average Bonchev–Trinajstić information content (AvgIpc) is 2.42. The Morgan fingerprint density at radius 3 is 2.44 bits per heavy atom. The zero-order chi connectivity index (χ0) is 18.8. The number of halogens is 3. The van der Waals surface area contributed by atoms with Crippen molar-refractivity contribution in [3.8, 4) is 11.8 Å². The number of amides is 1. The number of nitriles is 1. The summed E-state index contributed by atoms with van der Waals surface area (Å²) in [6, 6.07) is 4.64. The fourth-order valence-electron chi connectivity index (χ4n) is 2.38. The second-order valence-electron chi connectivity index (χ2n) is 6.87. The van der Waals surface area contributed by atoms with Crippen LogP contribution in [-0.4, -0.2) is 23.8 Å². The SMILES string of the molecule is CC(C)(C)OC(=O)NC1CC(Oc2ccc(C#N)c(C(F)(F)F)c2)C1. The Hall–Kier alpha value is -2.43. The van der Waals surface area contributed by atoms with Crippen LogP contribution in [0.3, 0.4) is 0 Å². The predicted molar refractivity (Wildman–Crippen MR) is 83.0 cm³/mol. The summed E-state index contributed by atoms with van der Waals surface area (Å²) in [6.07, 6.45) is -4.51. The van der Waals surface area contributed by atoms with Crippen LogP contribution >= 0.6 is 0 Å². The number of hydrogen-bond donors (Lipinski definition) is 1. The summed E-state index contributed by atoms with van der Waals surface area (Å²) in [7, 11) is 0. The molecule has 0 aliphatic heterocycles. The molecule has 0 unspecified atom stereocenters. The molecule has 136 valence electrons. The Labute approximate surface area is 143 Å². The molecule has 1 aromatic rings. The number of rotatable bonds is 3. The molecule has 1 fully saturated rings. The zero-order valence-electron chi connectivity index (χ0n) is 14.1. The van der Waals surface area contributed by atoms with Gasteiger partial charge in [-0.25, -0.2) is 4.79 Å². The fourth-order valence-corrected chi connectivity index (χ4v) is 2.38. The third kappa shape index (κ3) is 5.28. The van der Waals surface area contributed by atoms with Gasteiger partial charge in [0.2, 0.25) is 0 Å². The smallest absolute Gasteiger partial charge is 0.417 e. The van der Waals surface area contributed by atoms with Crippen molar-refractivity contribution in [1.29, 1.82) is 5.26 Å². The molecule has 0 saturated heterocycles. The van der Waals surface area contributed by atoms with Gasteiger partial charge in [0.15, 0.2) is 0 Å². The molecule has 0 radical (unpaired) electrons. The van der Waals surface area contributed by atoms with E-state index in [4.69, 9.17) is 14.7 Å². The lowest BCUT2D eigenvalue weighted by Gasteiger charge is -2.36. The lowest BCUT2D eigenvalue weighted by Crippen LogP contribution is -2.50. The lowest BCUT2D eigenvalue weighted by atomic mass is 9.89. The minimum atomic E-state index is -4.62. The van der Waals surface area contributed by atoms with E-state index in [1.165, 1.54) is 12.1 Å². The van der Waals surface area contributed by atoms with Gasteiger partial charge in [-0.15, -0.1) is 0 Å². The van der Waals surface area contributed by atoms with E-state index < -0.39 is 29.0 Å². The van der Waals surface area contributed by atoms with Gasteiger partial charge in [-0.2, -0.15) is 18.4 Å². The van der Waals surface area contributed by atoms with Crippen LogP contribution < -0.4 is 10.1 Å². The molecule has 1 aliphatic rings. The topological polar surface area (TPSA) is 71.3 Å². The number of hydrogen-bond acceptors (Lipinski definition) is 4. The van der Waals surface area contributed by atoms with Crippen LogP contribution in [0.15, 0.2) is 18.2 Å². The third-order valence-electron chi connectivity index (χ3n) is 3.54. The van der Waals surface area contributed by atoms with Gasteiger partial charge in [-0.3, -0.25) is 0 Å². The number of nitrogens with one attached hydrogen (secondary N) is 1. The summed E-state index contributed by atoms with van der Waals surface area (Å²) in [5, 5.41) is 11.4. The highest BCUT2D eigenvalue weighted by molar-refractivity contribution is 5.68. The zero-order valence-corrected chi connectivity index (χ0v) is 14.1. The summed E-state index contributed by atoms with van der Waals surface area (Å²) in [6.45, 7) is 5.26. The van der Waals surface area contributed by atoms with E-state index in [-0.39, 0.29) is 17.9 Å². The summed E-state index contributed by atoms with van der Waals surface area (Å²) < 4.78 is 49.4. The Bertz CT molecular complexity index is 684. The van der Waals surface area contributed by atoms with Gasteiger partial charge in [0.1, 0.15) is 17.5 Å². The number of carbonyl (C=O) groups excluding carboxylic acids is 1. The van der Waals surface area contributed by atoms with Gasteiger partial charge < -0.3 is 14.8 Å². The molecular formula is C17H19F3N2O3. The Kier molecular flexibility index (Phi) is 5.16. The predicted octanol–water partition coefficient (Wildman–Crippen LogP) is 4.01. The third-order valence-corrected chi connectivity index (χ3v) is 3.54. The summed E-state index contributed by atoms with van der Waals surface area (Å²) >= 11 is 0. The van der Waals surface area contributed by atoms with Crippen LogP contribution in [0.5, 0.6) is 5.75 Å². The minimum Gasteiger partial charge on any atom is -0.490 e. The van der Waals surface area contributed by atoms with Crippen molar-refractivity contribution >= 4 is 6.09 Å². The van der Waals surface area contributed by atoms with Crippen LogP contribution in [0.4, 0.5) is 18.0 Å². The van der Waals surface area contributed by atoms with Crippen molar-refractivity contribution in [2.45, 2.75) is 57.5 Å². The van der Waals surface area contributed by atoms with Crippen molar-refractivity contribution in [2.75, 3.05) is 0 Å². The molecule has 2 rings (SSSR count). The van der Waals surface area contributed by atoms with E-state index in [1.807, 2.05) is 0 Å². The highest BCUT2D eigenvalue weighted by Gasteiger charge is 2.36. The first-order valence-corrected chi connectivity index (χ1v) is 7.75. The average molecular weight is 356 g/mol. The molecule has 25 heavy (non-hydrogen) atoms. The van der Waals surface area contributed by atoms with Crippen molar-refractivity contribution in [1.82, 2.24) is 5.32 Å². The number of benzene rings is 1. The highest BCUT2D eigenvalue weighted by Crippen LogP contribution is 2.35. The first-order valence-electron chi connectivity index (χ1n) is 7.75. The van der Waals surface area contributed by atoms with E-state index in [9.17, 15) is 18.0 Å². The molecule has 0 aromatic heterocycles. The van der Waals surface area contributed by atoms with Gasteiger partial charge in [-0.05, 0) is 39.0 Å². The highest BCUT2D eigenvalue weighted by atomic mass is 19.4. The quantitative estimate of drug-likeness (QED) is 0.888. The van der Waals surface area contributed by atoms with Crippen LogP contribution in [0.25, 0.3) is 0 Å². The Balaban J connectivity index is 1.89. The van der Waals surface area contributed by atoms with Crippen LogP contribution in [0.2, 0.25) is 0 Å². The van der Waals surface area contributed by atoms with E-state index in [0.717, 1.165) is 12.1 Å². The van der Waals surface area contributed by atoms with Crippen LogP contribution in [0.1, 0.15) is 44.7 Å². The van der Waals surface area contributed by atoms with Crippen molar-refractivity contribution in [3.63, 3.8) is 0 Å². The van der Waals surface area contributed by atoms with Gasteiger partial charge in [0.25, 0.3) is 0 Å². The van der Waals surface area contributed by atoms with E-state index >= 15 is 0 Å². The van der Waals surface area contributed by atoms with E-state index in [1.54, 1.807) is 20.8 Å². The summed E-state index contributed by atoms with van der Waals surface area (Å²) in [5.74, 6) is 0.0482. The number of nitrogens with zero attached hydrogens (tertiary/aromatic N) is 1. The van der Waals surface area contributed by atoms with Gasteiger partial charge in [0, 0.05) is 18.9 Å². The van der Waals surface area contributed by atoms with Crippen molar-refractivity contribution in [3.05, 3.63) is 29.3 Å². The normalized spacial score (nSPS) is 20.2. The molecule has 1 amide bonds. The number of alkyl halides is 3. The lowest BCUT2D eigenvalue weighted by molar-refractivity contribution is -0.138. The number of ether oxygens (including phenoxy) is 2. The maximum absolute atomic E-state index is 12.9. The van der Waals surface area contributed by atoms with Crippen molar-refractivity contribution in [2.24, 2.45) is 0 Å². The summed E-state index contributed by atoms with van der Waals surface area (Å²) in [4.78, 5) is 11.6. The van der Waals surface area contributed by atoms with Gasteiger partial charge in [0.05, 0.1) is 17.2 Å². The first kappa shape index (κ1) is 18.9. The molecule has 0 bridgehead atoms. The largest absolute Gasteiger partial charge is 0.490 e. The van der Waals surface area contributed by atoms with Gasteiger partial charge in [-0.1, -0.05) is 0 Å². The molecule has 8 heteroatoms. The second kappa shape index (κ2) is 6.82.